The molecule has 1 rings (SSSR count). The van der Waals surface area contributed by atoms with Gasteiger partial charge in [0.15, 0.2) is 0 Å². The zero-order chi connectivity index (χ0) is 11.3. The Morgan fingerprint density at radius 3 is 2.33 bits per heavy atom. The molecule has 1 aromatic rings. The molecule has 4 nitrogen and oxygen atoms in total. The van der Waals surface area contributed by atoms with E-state index in [1.165, 1.54) is 0 Å². The standard InChI is InChI=1S/C10H14N2O2S/c11-5-6-15(14)7-8-1-3-9(4-2-8)10(12)13/h1-4H,5-7,11H2,(H2,12,13). The quantitative estimate of drug-likeness (QED) is 0.740. The van der Waals surface area contributed by atoms with Crippen molar-refractivity contribution >= 4 is 16.7 Å². The maximum absolute atomic E-state index is 11.4. The van der Waals surface area contributed by atoms with Crippen molar-refractivity contribution in [3.8, 4) is 0 Å². The first-order valence-corrected chi connectivity index (χ1v) is 6.06. The molecule has 0 saturated carbocycles. The van der Waals surface area contributed by atoms with Crippen molar-refractivity contribution in [2.75, 3.05) is 12.3 Å². The Labute approximate surface area is 91.1 Å². The fourth-order valence-electron chi connectivity index (χ4n) is 1.15. The largest absolute Gasteiger partial charge is 0.366 e. The number of carbonyl (C=O) groups excluding carboxylic acids is 1. The summed E-state index contributed by atoms with van der Waals surface area (Å²) in [5.74, 6) is 0.512. The summed E-state index contributed by atoms with van der Waals surface area (Å²) in [5.41, 5.74) is 11.8. The van der Waals surface area contributed by atoms with Gasteiger partial charge in [-0.05, 0) is 17.7 Å². The number of nitrogens with two attached hydrogens (primary N) is 2. The number of primary amides is 1. The third-order valence-electron chi connectivity index (χ3n) is 1.91. The van der Waals surface area contributed by atoms with E-state index in [1.54, 1.807) is 24.3 Å². The second-order valence-corrected chi connectivity index (χ2v) is 4.71. The zero-order valence-corrected chi connectivity index (χ0v) is 9.13. The Morgan fingerprint density at radius 1 is 1.27 bits per heavy atom. The Hall–Kier alpha value is -1.20. The highest BCUT2D eigenvalue weighted by atomic mass is 32.2. The van der Waals surface area contributed by atoms with Gasteiger partial charge in [-0.25, -0.2) is 0 Å². The van der Waals surface area contributed by atoms with Gasteiger partial charge < -0.3 is 11.5 Å². The lowest BCUT2D eigenvalue weighted by atomic mass is 10.1. The Morgan fingerprint density at radius 2 is 1.87 bits per heavy atom. The minimum atomic E-state index is -0.930. The molecular weight excluding hydrogens is 212 g/mol. The molecule has 0 spiro atoms. The van der Waals surface area contributed by atoms with E-state index >= 15 is 0 Å². The van der Waals surface area contributed by atoms with Crippen LogP contribution in [0.1, 0.15) is 15.9 Å². The monoisotopic (exact) mass is 226 g/mol. The molecule has 0 aliphatic carbocycles. The molecule has 0 aliphatic heterocycles. The van der Waals surface area contributed by atoms with Crippen LogP contribution in [0.2, 0.25) is 0 Å². The van der Waals surface area contributed by atoms with Crippen LogP contribution in [0.25, 0.3) is 0 Å². The topological polar surface area (TPSA) is 86.2 Å². The zero-order valence-electron chi connectivity index (χ0n) is 8.31. The molecule has 0 bridgehead atoms. The van der Waals surface area contributed by atoms with Gasteiger partial charge in [-0.2, -0.15) is 0 Å². The fraction of sp³-hybridized carbons (Fsp3) is 0.300. The molecule has 0 aliphatic rings. The van der Waals surface area contributed by atoms with E-state index in [9.17, 15) is 9.00 Å². The number of rotatable bonds is 5. The molecule has 4 N–H and O–H groups in total. The molecular formula is C10H14N2O2S. The Kier molecular flexibility index (Phi) is 4.45. The van der Waals surface area contributed by atoms with Crippen LogP contribution in [0, 0.1) is 0 Å². The second kappa shape index (κ2) is 5.63. The number of benzene rings is 1. The third kappa shape index (κ3) is 3.81. The van der Waals surface area contributed by atoms with Crippen LogP contribution in [-0.2, 0) is 16.6 Å². The van der Waals surface area contributed by atoms with Gasteiger partial charge in [0.2, 0.25) is 5.91 Å². The van der Waals surface area contributed by atoms with Crippen molar-refractivity contribution in [1.29, 1.82) is 0 Å². The summed E-state index contributed by atoms with van der Waals surface area (Å²) in [6.45, 7) is 0.423. The summed E-state index contributed by atoms with van der Waals surface area (Å²) in [6.07, 6.45) is 0. The molecule has 1 aromatic carbocycles. The van der Waals surface area contributed by atoms with Crippen LogP contribution in [0.3, 0.4) is 0 Å². The lowest BCUT2D eigenvalue weighted by molar-refractivity contribution is 0.100. The van der Waals surface area contributed by atoms with Gasteiger partial charge in [0.25, 0.3) is 0 Å². The number of hydrogen-bond donors (Lipinski definition) is 2. The number of amides is 1. The van der Waals surface area contributed by atoms with Gasteiger partial charge >= 0.3 is 0 Å². The smallest absolute Gasteiger partial charge is 0.248 e. The molecule has 15 heavy (non-hydrogen) atoms. The molecule has 0 aromatic heterocycles. The van der Waals surface area contributed by atoms with Crippen molar-refractivity contribution in [2.24, 2.45) is 11.5 Å². The predicted molar refractivity (Wildman–Crippen MR) is 60.7 cm³/mol. The SMILES string of the molecule is NCCS(=O)Cc1ccc(C(N)=O)cc1. The summed E-state index contributed by atoms with van der Waals surface area (Å²) >= 11 is 0. The molecule has 82 valence electrons. The molecule has 1 unspecified atom stereocenters. The summed E-state index contributed by atoms with van der Waals surface area (Å²) in [6, 6.07) is 6.79. The average Bonchev–Trinajstić information content (AvgIpc) is 2.18. The van der Waals surface area contributed by atoms with Gasteiger partial charge in [-0.3, -0.25) is 9.00 Å². The maximum atomic E-state index is 11.4. The molecule has 0 heterocycles. The van der Waals surface area contributed by atoms with Gasteiger partial charge in [0, 0.05) is 34.4 Å². The molecule has 0 saturated heterocycles. The summed E-state index contributed by atoms with van der Waals surface area (Å²) in [7, 11) is -0.930. The predicted octanol–water partition coefficient (Wildman–Crippen LogP) is -0.00710. The lowest BCUT2D eigenvalue weighted by Crippen LogP contribution is -2.12. The highest BCUT2D eigenvalue weighted by Gasteiger charge is 2.02. The van der Waals surface area contributed by atoms with Crippen molar-refractivity contribution in [2.45, 2.75) is 5.75 Å². The van der Waals surface area contributed by atoms with Crippen LogP contribution in [0.5, 0.6) is 0 Å². The molecule has 0 radical (unpaired) electrons. The Balaban J connectivity index is 2.64. The van der Waals surface area contributed by atoms with Crippen molar-refractivity contribution < 1.29 is 9.00 Å². The van der Waals surface area contributed by atoms with E-state index in [4.69, 9.17) is 11.5 Å². The van der Waals surface area contributed by atoms with Crippen molar-refractivity contribution in [3.05, 3.63) is 35.4 Å². The van der Waals surface area contributed by atoms with Crippen LogP contribution in [0.15, 0.2) is 24.3 Å². The van der Waals surface area contributed by atoms with Crippen LogP contribution in [-0.4, -0.2) is 22.4 Å². The minimum Gasteiger partial charge on any atom is -0.366 e. The van der Waals surface area contributed by atoms with Crippen molar-refractivity contribution in [3.63, 3.8) is 0 Å². The average molecular weight is 226 g/mol. The van der Waals surface area contributed by atoms with E-state index in [2.05, 4.69) is 0 Å². The molecule has 0 fully saturated rings. The van der Waals surface area contributed by atoms with Gasteiger partial charge in [-0.1, -0.05) is 12.1 Å². The molecule has 5 heteroatoms. The Bertz CT molecular complexity index is 362. The van der Waals surface area contributed by atoms with E-state index in [-0.39, 0.29) is 0 Å². The minimum absolute atomic E-state index is 0.423. The van der Waals surface area contributed by atoms with E-state index < -0.39 is 16.7 Å². The van der Waals surface area contributed by atoms with Crippen LogP contribution in [0.4, 0.5) is 0 Å². The van der Waals surface area contributed by atoms with Gasteiger partial charge in [0.1, 0.15) is 0 Å². The lowest BCUT2D eigenvalue weighted by Gasteiger charge is -2.01. The third-order valence-corrected chi connectivity index (χ3v) is 3.26. The van der Waals surface area contributed by atoms with E-state index in [0.717, 1.165) is 5.56 Å². The van der Waals surface area contributed by atoms with Gasteiger partial charge in [0.05, 0.1) is 0 Å². The number of carbonyl (C=O) groups is 1. The first kappa shape index (κ1) is 11.9. The van der Waals surface area contributed by atoms with Gasteiger partial charge in [-0.15, -0.1) is 0 Å². The molecule has 1 amide bonds. The van der Waals surface area contributed by atoms with Crippen LogP contribution < -0.4 is 11.5 Å². The van der Waals surface area contributed by atoms with Crippen molar-refractivity contribution in [1.82, 2.24) is 0 Å². The first-order chi connectivity index (χ1) is 7.13. The highest BCUT2D eigenvalue weighted by molar-refractivity contribution is 7.84. The first-order valence-electron chi connectivity index (χ1n) is 4.57. The highest BCUT2D eigenvalue weighted by Crippen LogP contribution is 2.06. The van der Waals surface area contributed by atoms with Crippen LogP contribution >= 0.6 is 0 Å². The molecule has 1 atom stereocenters. The van der Waals surface area contributed by atoms with E-state index in [0.29, 0.717) is 23.6 Å². The fourth-order valence-corrected chi connectivity index (χ4v) is 2.13. The summed E-state index contributed by atoms with van der Waals surface area (Å²) in [5, 5.41) is 0. The van der Waals surface area contributed by atoms with E-state index in [1.807, 2.05) is 0 Å². The second-order valence-electron chi connectivity index (χ2n) is 3.14. The maximum Gasteiger partial charge on any atom is 0.248 e. The summed E-state index contributed by atoms with van der Waals surface area (Å²) < 4.78 is 11.4. The summed E-state index contributed by atoms with van der Waals surface area (Å²) in [4.78, 5) is 10.8. The normalized spacial score (nSPS) is 12.3. The number of hydrogen-bond acceptors (Lipinski definition) is 3.